The van der Waals surface area contributed by atoms with E-state index < -0.39 is 71.4 Å². The number of hydrogen-bond donors (Lipinski definition) is 4. The SMILES string of the molecule is COC(=O)C(C)=CCC1C(=O)CCC(C2Oc3c(CC=C(C)C)c4c(c(OC5OC(CO)C(C)CC5O)c3C3=C2C(C)C(C#N)C(=N)O3)C=CC(C)(CCC=C(C)C)O4)C1C(C)(C)O. The van der Waals surface area contributed by atoms with Crippen LogP contribution in [0.3, 0.4) is 0 Å². The molecule has 0 spiro atoms. The second-order valence-corrected chi connectivity index (χ2v) is 19.7. The van der Waals surface area contributed by atoms with Crippen molar-refractivity contribution in [3.63, 3.8) is 0 Å². The van der Waals surface area contributed by atoms with E-state index >= 15 is 0 Å². The van der Waals surface area contributed by atoms with Crippen LogP contribution in [0.25, 0.3) is 11.8 Å². The van der Waals surface area contributed by atoms with Crippen molar-refractivity contribution in [2.45, 2.75) is 150 Å². The van der Waals surface area contributed by atoms with E-state index in [1.54, 1.807) is 26.8 Å². The maximum absolute atomic E-state index is 14.0. The summed E-state index contributed by atoms with van der Waals surface area (Å²) in [6.45, 7) is 18.6. The lowest BCUT2D eigenvalue weighted by Crippen LogP contribution is -2.54. The van der Waals surface area contributed by atoms with Crippen LogP contribution in [-0.2, 0) is 30.2 Å². The van der Waals surface area contributed by atoms with Crippen molar-refractivity contribution in [1.29, 1.82) is 10.7 Å². The molecule has 4 aliphatic heterocycles. The Morgan fingerprint density at radius 3 is 2.44 bits per heavy atom. The number of ketones is 1. The van der Waals surface area contributed by atoms with Crippen molar-refractivity contribution < 1.29 is 53.3 Å². The Labute approximate surface area is 378 Å². The quantitative estimate of drug-likeness (QED) is 0.0841. The first-order valence-electron chi connectivity index (χ1n) is 22.7. The highest BCUT2D eigenvalue weighted by molar-refractivity contribution is 5.94. The van der Waals surface area contributed by atoms with Crippen LogP contribution in [0.15, 0.2) is 46.6 Å². The molecule has 4 heterocycles. The lowest BCUT2D eigenvalue weighted by atomic mass is 9.60. The second kappa shape index (κ2) is 19.4. The molecule has 1 saturated heterocycles. The number of hydrogen-bond acceptors (Lipinski definition) is 13. The number of nitriles is 1. The lowest BCUT2D eigenvalue weighted by molar-refractivity contribution is -0.225. The third kappa shape index (κ3) is 9.76. The lowest BCUT2D eigenvalue weighted by Gasteiger charge is -2.50. The third-order valence-corrected chi connectivity index (χ3v) is 13.7. The van der Waals surface area contributed by atoms with E-state index in [1.165, 1.54) is 12.7 Å². The Morgan fingerprint density at radius 1 is 1.11 bits per heavy atom. The van der Waals surface area contributed by atoms with E-state index in [-0.39, 0.29) is 48.6 Å². The van der Waals surface area contributed by atoms with Crippen LogP contribution in [0.1, 0.15) is 124 Å². The Bertz CT molecular complexity index is 2200. The van der Waals surface area contributed by atoms with Gasteiger partial charge in [0.25, 0.3) is 0 Å². The van der Waals surface area contributed by atoms with Crippen LogP contribution >= 0.6 is 0 Å². The average molecular weight is 885 g/mol. The summed E-state index contributed by atoms with van der Waals surface area (Å²) in [5.41, 5.74) is 2.60. The maximum atomic E-state index is 14.0. The molecule has 4 N–H and O–H groups in total. The number of Topliss-reactive ketones (excluding diaryl/α,β-unsaturated/α-hetero) is 1. The molecule has 1 aromatic rings. The van der Waals surface area contributed by atoms with Gasteiger partial charge in [0.05, 0.1) is 37.1 Å². The molecule has 0 bridgehead atoms. The van der Waals surface area contributed by atoms with E-state index in [4.69, 9.17) is 33.8 Å². The smallest absolute Gasteiger partial charge is 0.333 e. The molecular formula is C51H68N2O11. The van der Waals surface area contributed by atoms with Crippen molar-refractivity contribution in [3.8, 4) is 23.3 Å². The second-order valence-electron chi connectivity index (χ2n) is 19.7. The van der Waals surface area contributed by atoms with Gasteiger partial charge in [-0.15, -0.1) is 0 Å². The van der Waals surface area contributed by atoms with E-state index in [9.17, 15) is 30.2 Å². The highest BCUT2D eigenvalue weighted by Crippen LogP contribution is 2.59. The summed E-state index contributed by atoms with van der Waals surface area (Å²) in [5, 5.41) is 53.5. The molecule has 1 saturated carbocycles. The number of benzene rings is 1. The van der Waals surface area contributed by atoms with Gasteiger partial charge in [-0.1, -0.05) is 43.2 Å². The van der Waals surface area contributed by atoms with E-state index in [1.807, 2.05) is 46.8 Å². The number of aliphatic hydroxyl groups excluding tert-OH is 2. The predicted molar refractivity (Wildman–Crippen MR) is 242 cm³/mol. The summed E-state index contributed by atoms with van der Waals surface area (Å²) in [6.07, 6.45) is 8.89. The standard InChI is InChI=1S/C51H68N2O11/c1-26(2)13-12-21-51(10)22-20-34-42(64-51)33(16-14-27(3)4)44-40(45(34)63-49-37(56)23-29(6)38(25-54)60-49)46-39(30(7)35(24-52)47(53)62-46)43(61-44)32-18-19-36(55)31(41(32)50(8,9)58)17-15-28(5)48(57)59-11/h13-15,20,22,29-32,35,37-38,41,43,49,53-54,56,58H,12,16-19,21,23,25H2,1-11H3. The van der Waals surface area contributed by atoms with E-state index in [2.05, 4.69) is 32.1 Å². The summed E-state index contributed by atoms with van der Waals surface area (Å²) in [7, 11) is 1.30. The summed E-state index contributed by atoms with van der Waals surface area (Å²) in [6, 6.07) is 2.27. The molecule has 1 aliphatic carbocycles. The first-order valence-corrected chi connectivity index (χ1v) is 22.7. The van der Waals surface area contributed by atoms with Crippen LogP contribution in [0.5, 0.6) is 17.2 Å². The number of ether oxygens (including phenoxy) is 6. The molecule has 13 nitrogen and oxygen atoms in total. The monoisotopic (exact) mass is 884 g/mol. The molecule has 11 atom stereocenters. The molecule has 0 amide bonds. The van der Waals surface area contributed by atoms with Gasteiger partial charge < -0.3 is 43.7 Å². The Hall–Kier alpha value is -4.74. The number of nitrogens with zero attached hydrogens (tertiary/aromatic N) is 1. The van der Waals surface area contributed by atoms with Crippen LogP contribution in [0.4, 0.5) is 0 Å². The van der Waals surface area contributed by atoms with Gasteiger partial charge in [0.2, 0.25) is 12.2 Å². The number of allylic oxidation sites excluding steroid dienone is 5. The minimum Gasteiger partial charge on any atom is -0.484 e. The third-order valence-electron chi connectivity index (χ3n) is 13.7. The van der Waals surface area contributed by atoms with Gasteiger partial charge in [0, 0.05) is 46.8 Å². The normalized spacial score (nSPS) is 31.2. The van der Waals surface area contributed by atoms with E-state index in [0.717, 1.165) is 12.0 Å². The van der Waals surface area contributed by atoms with Gasteiger partial charge >= 0.3 is 5.97 Å². The van der Waals surface area contributed by atoms with Crippen LogP contribution in [-0.4, -0.2) is 82.5 Å². The minimum absolute atomic E-state index is 0.0459. The predicted octanol–water partition coefficient (Wildman–Crippen LogP) is 8.34. The zero-order chi connectivity index (χ0) is 47.0. The average Bonchev–Trinajstić information content (AvgIpc) is 3.22. The van der Waals surface area contributed by atoms with E-state index in [0.29, 0.717) is 65.0 Å². The van der Waals surface area contributed by atoms with Gasteiger partial charge in [-0.3, -0.25) is 10.2 Å². The molecule has 13 heteroatoms. The van der Waals surface area contributed by atoms with Gasteiger partial charge in [-0.05, 0) is 112 Å². The number of fused-ring (bicyclic) bond motifs is 3. The molecule has 2 fully saturated rings. The molecule has 5 aliphatic rings. The molecule has 348 valence electrons. The zero-order valence-corrected chi connectivity index (χ0v) is 39.4. The van der Waals surface area contributed by atoms with Crippen molar-refractivity contribution in [2.24, 2.45) is 35.5 Å². The zero-order valence-electron chi connectivity index (χ0n) is 39.4. The van der Waals surface area contributed by atoms with Gasteiger partial charge in [-0.2, -0.15) is 5.26 Å². The fourth-order valence-corrected chi connectivity index (χ4v) is 10.2. The van der Waals surface area contributed by atoms with Crippen molar-refractivity contribution in [1.82, 2.24) is 0 Å². The number of esters is 1. The van der Waals surface area contributed by atoms with Crippen molar-refractivity contribution in [3.05, 3.63) is 63.3 Å². The van der Waals surface area contributed by atoms with Crippen LogP contribution in [0.2, 0.25) is 0 Å². The van der Waals surface area contributed by atoms with Crippen molar-refractivity contribution >= 4 is 29.5 Å². The Morgan fingerprint density at radius 2 is 1.81 bits per heavy atom. The van der Waals surface area contributed by atoms with Crippen LogP contribution in [0, 0.1) is 52.2 Å². The van der Waals surface area contributed by atoms with Gasteiger partial charge in [0.15, 0.2) is 0 Å². The fraction of sp³-hybridized carbons (Fsp3) is 0.608. The minimum atomic E-state index is -1.42. The number of methoxy groups -OCH3 is 1. The summed E-state index contributed by atoms with van der Waals surface area (Å²) in [5.74, 6) is -3.14. The summed E-state index contributed by atoms with van der Waals surface area (Å²) >= 11 is 0. The molecule has 64 heavy (non-hydrogen) atoms. The van der Waals surface area contributed by atoms with Crippen LogP contribution < -0.4 is 14.2 Å². The number of carbonyl (C=O) groups excluding carboxylic acids is 2. The number of rotatable bonds is 13. The van der Waals surface area contributed by atoms with Crippen molar-refractivity contribution in [2.75, 3.05) is 13.7 Å². The summed E-state index contributed by atoms with van der Waals surface area (Å²) in [4.78, 5) is 26.4. The molecule has 6 rings (SSSR count). The molecule has 11 unspecified atom stereocenters. The van der Waals surface area contributed by atoms with Gasteiger partial charge in [0.1, 0.15) is 58.1 Å². The molecule has 0 aromatic heterocycles. The molecule has 0 radical (unpaired) electrons. The summed E-state index contributed by atoms with van der Waals surface area (Å²) < 4.78 is 39.2. The Balaban J connectivity index is 1.65. The van der Waals surface area contributed by atoms with Gasteiger partial charge in [-0.25, -0.2) is 4.79 Å². The number of aliphatic hydroxyl groups is 3. The highest BCUT2D eigenvalue weighted by atomic mass is 16.7. The Kier molecular flexibility index (Phi) is 14.8. The first kappa shape index (κ1) is 48.7. The number of carbonyl (C=O) groups is 2. The highest BCUT2D eigenvalue weighted by Gasteiger charge is 2.55. The first-order chi connectivity index (χ1) is 30.1. The number of nitrogens with one attached hydrogen (secondary N) is 1. The maximum Gasteiger partial charge on any atom is 0.333 e. The molecular weight excluding hydrogens is 817 g/mol. The largest absolute Gasteiger partial charge is 0.484 e. The topological polar surface area (TPSA) is 198 Å². The molecule has 1 aromatic carbocycles. The fourth-order valence-electron chi connectivity index (χ4n) is 10.2.